The molecule has 14 heavy (non-hydrogen) atoms. The summed E-state index contributed by atoms with van der Waals surface area (Å²) in [6.07, 6.45) is 8.46. The highest BCUT2D eigenvalue weighted by molar-refractivity contribution is 4.62. The number of hydrogen-bond acceptors (Lipinski definition) is 0. The van der Waals surface area contributed by atoms with Gasteiger partial charge in [0.1, 0.15) is 0 Å². The van der Waals surface area contributed by atoms with Gasteiger partial charge >= 0.3 is 0 Å². The van der Waals surface area contributed by atoms with Gasteiger partial charge in [0.15, 0.2) is 0 Å². The summed E-state index contributed by atoms with van der Waals surface area (Å²) in [7, 11) is 0. The molecule has 0 rings (SSSR count). The molecule has 0 fully saturated rings. The molecule has 0 aliphatic heterocycles. The topological polar surface area (TPSA) is 0 Å². The highest BCUT2D eigenvalue weighted by atomic mass is 14.2. The molecule has 86 valence electrons. The third-order valence-corrected chi connectivity index (χ3v) is 3.23. The van der Waals surface area contributed by atoms with Gasteiger partial charge in [0.25, 0.3) is 0 Å². The van der Waals surface area contributed by atoms with Crippen LogP contribution in [0.2, 0.25) is 0 Å². The van der Waals surface area contributed by atoms with Crippen molar-refractivity contribution in [3.05, 3.63) is 0 Å². The summed E-state index contributed by atoms with van der Waals surface area (Å²) in [5.74, 6) is 2.80. The van der Waals surface area contributed by atoms with Crippen molar-refractivity contribution in [2.45, 2.75) is 73.1 Å². The van der Waals surface area contributed by atoms with E-state index in [0.717, 1.165) is 17.8 Å². The summed E-state index contributed by atoms with van der Waals surface area (Å²) in [4.78, 5) is 0. The molecule has 0 saturated carbocycles. The fourth-order valence-electron chi connectivity index (χ4n) is 2.31. The fraction of sp³-hybridized carbons (Fsp3) is 1.00. The van der Waals surface area contributed by atoms with Gasteiger partial charge in [-0.15, -0.1) is 0 Å². The first-order valence-electron chi connectivity index (χ1n) is 6.60. The molecule has 0 aromatic rings. The zero-order chi connectivity index (χ0) is 11.0. The van der Waals surface area contributed by atoms with Crippen LogP contribution in [0.4, 0.5) is 0 Å². The molecule has 2 unspecified atom stereocenters. The van der Waals surface area contributed by atoms with E-state index in [9.17, 15) is 0 Å². The van der Waals surface area contributed by atoms with E-state index in [1.165, 1.54) is 38.5 Å². The van der Waals surface area contributed by atoms with E-state index in [0.29, 0.717) is 0 Å². The van der Waals surface area contributed by atoms with Crippen LogP contribution in [0.15, 0.2) is 0 Å². The predicted octanol–water partition coefficient (Wildman–Crippen LogP) is 5.28. The second-order valence-electron chi connectivity index (χ2n) is 5.38. The van der Waals surface area contributed by atoms with Crippen LogP contribution in [0.5, 0.6) is 0 Å². The smallest absolute Gasteiger partial charge is 0.0414 e. The van der Waals surface area contributed by atoms with Crippen molar-refractivity contribution >= 4 is 0 Å². The average molecular weight is 198 g/mol. The van der Waals surface area contributed by atoms with Crippen LogP contribution in [-0.4, -0.2) is 0 Å². The SMILES string of the molecule is CCCC(C)CCC(CC)CC(C)C. The molecular formula is C14H30. The van der Waals surface area contributed by atoms with Gasteiger partial charge in [0.2, 0.25) is 0 Å². The van der Waals surface area contributed by atoms with Crippen molar-refractivity contribution in [1.29, 1.82) is 0 Å². The molecule has 0 bridgehead atoms. The lowest BCUT2D eigenvalue weighted by atomic mass is 9.87. The summed E-state index contributed by atoms with van der Waals surface area (Å²) in [5.41, 5.74) is 0. The quantitative estimate of drug-likeness (QED) is 0.498. The molecule has 0 saturated heterocycles. The first-order valence-corrected chi connectivity index (χ1v) is 6.60. The van der Waals surface area contributed by atoms with Crippen molar-refractivity contribution in [3.63, 3.8) is 0 Å². The third kappa shape index (κ3) is 7.41. The zero-order valence-corrected chi connectivity index (χ0v) is 11.0. The molecule has 0 aliphatic rings. The molecule has 2 atom stereocenters. The molecule has 0 aromatic carbocycles. The highest BCUT2D eigenvalue weighted by Gasteiger charge is 2.10. The second-order valence-corrected chi connectivity index (χ2v) is 5.38. The van der Waals surface area contributed by atoms with E-state index in [1.807, 2.05) is 0 Å². The summed E-state index contributed by atoms with van der Waals surface area (Å²) < 4.78 is 0. The first kappa shape index (κ1) is 14.0. The Kier molecular flexibility index (Phi) is 8.32. The van der Waals surface area contributed by atoms with E-state index in [2.05, 4.69) is 34.6 Å². The van der Waals surface area contributed by atoms with Crippen LogP contribution >= 0.6 is 0 Å². The average Bonchev–Trinajstić information content (AvgIpc) is 2.12. The van der Waals surface area contributed by atoms with E-state index >= 15 is 0 Å². The van der Waals surface area contributed by atoms with Gasteiger partial charge in [-0.05, 0) is 24.2 Å². The van der Waals surface area contributed by atoms with E-state index < -0.39 is 0 Å². The Hall–Kier alpha value is 0. The monoisotopic (exact) mass is 198 g/mol. The van der Waals surface area contributed by atoms with Crippen molar-refractivity contribution in [1.82, 2.24) is 0 Å². The lowest BCUT2D eigenvalue weighted by molar-refractivity contribution is 0.334. The summed E-state index contributed by atoms with van der Waals surface area (Å²) in [5, 5.41) is 0. The van der Waals surface area contributed by atoms with Gasteiger partial charge in [-0.2, -0.15) is 0 Å². The Balaban J connectivity index is 3.60. The second kappa shape index (κ2) is 8.32. The maximum Gasteiger partial charge on any atom is -0.0414 e. The summed E-state index contributed by atoms with van der Waals surface area (Å²) in [6.45, 7) is 11.7. The molecule has 0 nitrogen and oxygen atoms in total. The van der Waals surface area contributed by atoms with Gasteiger partial charge in [-0.25, -0.2) is 0 Å². The van der Waals surface area contributed by atoms with E-state index in [4.69, 9.17) is 0 Å². The maximum absolute atomic E-state index is 2.41. The lowest BCUT2D eigenvalue weighted by Crippen LogP contribution is -2.06. The van der Waals surface area contributed by atoms with Crippen LogP contribution in [0, 0.1) is 17.8 Å². The molecule has 0 N–H and O–H groups in total. The summed E-state index contributed by atoms with van der Waals surface area (Å²) >= 11 is 0. The van der Waals surface area contributed by atoms with Gasteiger partial charge in [0.05, 0.1) is 0 Å². The van der Waals surface area contributed by atoms with Gasteiger partial charge in [-0.3, -0.25) is 0 Å². The van der Waals surface area contributed by atoms with Crippen molar-refractivity contribution in [3.8, 4) is 0 Å². The highest BCUT2D eigenvalue weighted by Crippen LogP contribution is 2.24. The molecule has 0 radical (unpaired) electrons. The molecule has 0 spiro atoms. The summed E-state index contributed by atoms with van der Waals surface area (Å²) in [6, 6.07) is 0. The molecular weight excluding hydrogens is 168 g/mol. The zero-order valence-electron chi connectivity index (χ0n) is 11.0. The standard InChI is InChI=1S/C14H30/c1-6-8-13(5)9-10-14(7-2)11-12(3)4/h12-14H,6-11H2,1-5H3. The van der Waals surface area contributed by atoms with Crippen LogP contribution in [-0.2, 0) is 0 Å². The van der Waals surface area contributed by atoms with Crippen LogP contribution in [0.25, 0.3) is 0 Å². The molecule has 0 amide bonds. The van der Waals surface area contributed by atoms with E-state index in [-0.39, 0.29) is 0 Å². The van der Waals surface area contributed by atoms with Crippen LogP contribution in [0.1, 0.15) is 73.1 Å². The molecule has 0 aromatic heterocycles. The minimum absolute atomic E-state index is 0.876. The Labute approximate surface area is 91.5 Å². The Morgan fingerprint density at radius 1 is 0.857 bits per heavy atom. The third-order valence-electron chi connectivity index (χ3n) is 3.23. The number of rotatable bonds is 8. The van der Waals surface area contributed by atoms with Crippen molar-refractivity contribution in [2.24, 2.45) is 17.8 Å². The van der Waals surface area contributed by atoms with Crippen molar-refractivity contribution < 1.29 is 0 Å². The molecule has 0 heteroatoms. The predicted molar refractivity (Wildman–Crippen MR) is 66.5 cm³/mol. The van der Waals surface area contributed by atoms with E-state index in [1.54, 1.807) is 0 Å². The van der Waals surface area contributed by atoms with Gasteiger partial charge in [0, 0.05) is 0 Å². The lowest BCUT2D eigenvalue weighted by Gasteiger charge is -2.19. The molecule has 0 heterocycles. The Morgan fingerprint density at radius 3 is 1.93 bits per heavy atom. The molecule has 0 aliphatic carbocycles. The van der Waals surface area contributed by atoms with Crippen LogP contribution in [0.3, 0.4) is 0 Å². The van der Waals surface area contributed by atoms with Gasteiger partial charge < -0.3 is 0 Å². The Bertz CT molecular complexity index is 115. The first-order chi connectivity index (χ1) is 6.60. The fourth-order valence-corrected chi connectivity index (χ4v) is 2.31. The minimum Gasteiger partial charge on any atom is -0.0654 e. The van der Waals surface area contributed by atoms with Crippen molar-refractivity contribution in [2.75, 3.05) is 0 Å². The Morgan fingerprint density at radius 2 is 1.50 bits per heavy atom. The van der Waals surface area contributed by atoms with Crippen LogP contribution < -0.4 is 0 Å². The van der Waals surface area contributed by atoms with Gasteiger partial charge in [-0.1, -0.05) is 66.7 Å². The normalized spacial score (nSPS) is 15.9. The maximum atomic E-state index is 2.41. The minimum atomic E-state index is 0.876. The number of hydrogen-bond donors (Lipinski definition) is 0. The largest absolute Gasteiger partial charge is 0.0654 e.